The van der Waals surface area contributed by atoms with Crippen LogP contribution in [0.1, 0.15) is 18.9 Å². The number of hydrogen-bond acceptors (Lipinski definition) is 4. The second-order valence-electron chi connectivity index (χ2n) is 4.32. The van der Waals surface area contributed by atoms with Crippen LogP contribution in [0, 0.1) is 14.9 Å². The maximum absolute atomic E-state index is 12.0. The van der Waals surface area contributed by atoms with E-state index in [-0.39, 0.29) is 16.0 Å². The van der Waals surface area contributed by atoms with E-state index in [1.54, 1.807) is 12.1 Å². The molecular formula is C13H13N3O3S. The summed E-state index contributed by atoms with van der Waals surface area (Å²) in [5.74, 6) is 0. The largest absolute Gasteiger partial charge is 0.331 e. The summed E-state index contributed by atoms with van der Waals surface area (Å²) in [5.41, 5.74) is 1.41. The molecule has 0 radical (unpaired) electrons. The molecule has 7 heteroatoms. The van der Waals surface area contributed by atoms with Crippen LogP contribution < -0.4 is 5.56 Å². The van der Waals surface area contributed by atoms with Crippen molar-refractivity contribution in [1.29, 1.82) is 0 Å². The van der Waals surface area contributed by atoms with Crippen molar-refractivity contribution in [3.63, 3.8) is 0 Å². The second kappa shape index (κ2) is 5.79. The van der Waals surface area contributed by atoms with Crippen molar-refractivity contribution in [2.24, 2.45) is 0 Å². The van der Waals surface area contributed by atoms with Gasteiger partial charge in [-0.25, -0.2) is 0 Å². The number of hydrogen-bond donors (Lipinski definition) is 2. The monoisotopic (exact) mass is 291 g/mol. The van der Waals surface area contributed by atoms with Gasteiger partial charge in [-0.05, 0) is 18.6 Å². The van der Waals surface area contributed by atoms with E-state index in [0.29, 0.717) is 23.2 Å². The second-order valence-corrected chi connectivity index (χ2v) is 4.73. The normalized spacial score (nSPS) is 10.4. The predicted octanol–water partition coefficient (Wildman–Crippen LogP) is 2.96. The maximum Gasteiger partial charge on any atom is 0.270 e. The predicted molar refractivity (Wildman–Crippen MR) is 78.3 cm³/mol. The number of nitro benzene ring substituents is 1. The van der Waals surface area contributed by atoms with Crippen molar-refractivity contribution in [3.8, 4) is 11.3 Å². The van der Waals surface area contributed by atoms with E-state index < -0.39 is 4.92 Å². The minimum absolute atomic E-state index is 0.0236. The van der Waals surface area contributed by atoms with Gasteiger partial charge in [-0.15, -0.1) is 0 Å². The van der Waals surface area contributed by atoms with Gasteiger partial charge in [0.25, 0.3) is 11.2 Å². The zero-order valence-electron chi connectivity index (χ0n) is 10.8. The van der Waals surface area contributed by atoms with Crippen molar-refractivity contribution in [1.82, 2.24) is 9.97 Å². The summed E-state index contributed by atoms with van der Waals surface area (Å²) in [4.78, 5) is 27.8. The molecule has 0 aliphatic carbocycles. The molecule has 6 nitrogen and oxygen atoms in total. The summed E-state index contributed by atoms with van der Waals surface area (Å²) in [6, 6.07) is 6.14. The minimum atomic E-state index is -0.467. The molecule has 0 aliphatic rings. The van der Waals surface area contributed by atoms with Gasteiger partial charge in [-0.1, -0.05) is 25.5 Å². The number of rotatable bonds is 4. The molecule has 0 unspecified atom stereocenters. The van der Waals surface area contributed by atoms with E-state index in [0.717, 1.165) is 6.42 Å². The Morgan fingerprint density at radius 1 is 1.35 bits per heavy atom. The van der Waals surface area contributed by atoms with Crippen molar-refractivity contribution < 1.29 is 4.92 Å². The quantitative estimate of drug-likeness (QED) is 0.514. The Bertz CT molecular complexity index is 764. The van der Waals surface area contributed by atoms with Crippen LogP contribution in [0.15, 0.2) is 29.1 Å². The molecule has 0 aliphatic heterocycles. The van der Waals surface area contributed by atoms with Crippen LogP contribution in [0.5, 0.6) is 0 Å². The Labute approximate surface area is 119 Å². The number of nitro groups is 1. The van der Waals surface area contributed by atoms with Crippen molar-refractivity contribution in [2.45, 2.75) is 19.8 Å². The van der Waals surface area contributed by atoms with Crippen molar-refractivity contribution >= 4 is 17.9 Å². The number of nitrogens with zero attached hydrogens (tertiary/aromatic N) is 1. The molecule has 0 saturated heterocycles. The number of H-pyrrole nitrogens is 2. The molecule has 0 fully saturated rings. The van der Waals surface area contributed by atoms with Gasteiger partial charge in [0, 0.05) is 23.3 Å². The molecular weight excluding hydrogens is 278 g/mol. The first-order valence-electron chi connectivity index (χ1n) is 6.13. The van der Waals surface area contributed by atoms with Gasteiger partial charge in [-0.3, -0.25) is 19.9 Å². The van der Waals surface area contributed by atoms with Gasteiger partial charge in [-0.2, -0.15) is 0 Å². The maximum atomic E-state index is 12.0. The fourth-order valence-corrected chi connectivity index (χ4v) is 2.22. The zero-order chi connectivity index (χ0) is 14.7. The van der Waals surface area contributed by atoms with Crippen molar-refractivity contribution in [2.75, 3.05) is 0 Å². The highest BCUT2D eigenvalue weighted by atomic mass is 32.1. The van der Waals surface area contributed by atoms with E-state index in [1.807, 2.05) is 6.92 Å². The summed E-state index contributed by atoms with van der Waals surface area (Å²) in [6.07, 6.45) is 1.36. The van der Waals surface area contributed by atoms with Crippen LogP contribution in [0.4, 0.5) is 5.69 Å². The fourth-order valence-electron chi connectivity index (χ4n) is 2.02. The molecule has 1 aromatic carbocycles. The van der Waals surface area contributed by atoms with Crippen molar-refractivity contribution in [3.05, 3.63) is 55.1 Å². The Balaban J connectivity index is 2.68. The molecule has 20 heavy (non-hydrogen) atoms. The Kier molecular flexibility index (Phi) is 4.09. The zero-order valence-corrected chi connectivity index (χ0v) is 11.6. The number of aromatic amines is 2. The minimum Gasteiger partial charge on any atom is -0.331 e. The smallest absolute Gasteiger partial charge is 0.270 e. The van der Waals surface area contributed by atoms with Crippen LogP contribution in [0.25, 0.3) is 11.3 Å². The third-order valence-corrected chi connectivity index (χ3v) is 3.09. The molecule has 0 amide bonds. The molecule has 1 aromatic heterocycles. The fraction of sp³-hybridized carbons (Fsp3) is 0.231. The van der Waals surface area contributed by atoms with E-state index in [9.17, 15) is 14.9 Å². The van der Waals surface area contributed by atoms with Gasteiger partial charge < -0.3 is 4.98 Å². The first-order chi connectivity index (χ1) is 9.52. The van der Waals surface area contributed by atoms with Crippen LogP contribution >= 0.6 is 12.2 Å². The number of non-ortho nitro benzene ring substituents is 1. The Morgan fingerprint density at radius 3 is 2.75 bits per heavy atom. The molecule has 0 atom stereocenters. The lowest BCUT2D eigenvalue weighted by Crippen LogP contribution is -2.16. The standard InChI is InChI=1S/C13H13N3O3S/c1-2-4-10-11(14-13(20)15-12(10)17)8-5-3-6-9(7-8)16(18)19/h3,5-7H,2,4H2,1H3,(H2,14,15,17,20). The van der Waals surface area contributed by atoms with Crippen LogP contribution in [-0.2, 0) is 6.42 Å². The molecule has 2 rings (SSSR count). The molecule has 1 heterocycles. The van der Waals surface area contributed by atoms with Gasteiger partial charge in [0.05, 0.1) is 10.6 Å². The topological polar surface area (TPSA) is 91.8 Å². The van der Waals surface area contributed by atoms with Crippen LogP contribution in [0.2, 0.25) is 0 Å². The van der Waals surface area contributed by atoms with E-state index in [4.69, 9.17) is 12.2 Å². The van der Waals surface area contributed by atoms with Gasteiger partial charge in [0.2, 0.25) is 0 Å². The molecule has 0 saturated carbocycles. The lowest BCUT2D eigenvalue weighted by molar-refractivity contribution is -0.384. The third-order valence-electron chi connectivity index (χ3n) is 2.89. The summed E-state index contributed by atoms with van der Waals surface area (Å²) >= 11 is 4.97. The van der Waals surface area contributed by atoms with E-state index in [2.05, 4.69) is 9.97 Å². The first-order valence-corrected chi connectivity index (χ1v) is 6.54. The average molecular weight is 291 g/mol. The number of benzene rings is 1. The Morgan fingerprint density at radius 2 is 2.10 bits per heavy atom. The lowest BCUT2D eigenvalue weighted by Gasteiger charge is -2.08. The summed E-state index contributed by atoms with van der Waals surface area (Å²) < 4.78 is 0.205. The number of nitrogens with one attached hydrogen (secondary N) is 2. The lowest BCUT2D eigenvalue weighted by atomic mass is 10.0. The third kappa shape index (κ3) is 2.83. The molecule has 0 bridgehead atoms. The molecule has 104 valence electrons. The SMILES string of the molecule is CCCc1c(-c2cccc([N+](=O)[O-])c2)[nH]c(=S)[nH]c1=O. The highest BCUT2D eigenvalue weighted by molar-refractivity contribution is 7.71. The average Bonchev–Trinajstić information content (AvgIpc) is 2.41. The highest BCUT2D eigenvalue weighted by Crippen LogP contribution is 2.24. The van der Waals surface area contributed by atoms with Crippen LogP contribution in [-0.4, -0.2) is 14.9 Å². The van der Waals surface area contributed by atoms with Crippen LogP contribution in [0.3, 0.4) is 0 Å². The van der Waals surface area contributed by atoms with E-state index >= 15 is 0 Å². The summed E-state index contributed by atoms with van der Waals surface area (Å²) in [7, 11) is 0. The summed E-state index contributed by atoms with van der Waals surface area (Å²) in [6.45, 7) is 1.96. The highest BCUT2D eigenvalue weighted by Gasteiger charge is 2.13. The van der Waals surface area contributed by atoms with Gasteiger partial charge in [0.1, 0.15) is 0 Å². The molecule has 0 spiro atoms. The number of aromatic nitrogens is 2. The molecule has 2 aromatic rings. The van der Waals surface area contributed by atoms with Gasteiger partial charge in [0.15, 0.2) is 4.77 Å². The summed E-state index contributed by atoms with van der Waals surface area (Å²) in [5, 5.41) is 10.8. The first kappa shape index (κ1) is 14.1. The molecule has 2 N–H and O–H groups in total. The Hall–Kier alpha value is -2.28. The van der Waals surface area contributed by atoms with Gasteiger partial charge >= 0.3 is 0 Å². The van der Waals surface area contributed by atoms with E-state index in [1.165, 1.54) is 12.1 Å².